The molecule has 4 rings (SSSR count). The van der Waals surface area contributed by atoms with Crippen LogP contribution in [0.3, 0.4) is 0 Å². The molecule has 1 aromatic carbocycles. The van der Waals surface area contributed by atoms with Gasteiger partial charge in [0, 0.05) is 17.9 Å². The average Bonchev–Trinajstić information content (AvgIpc) is 2.93. The minimum absolute atomic E-state index is 0.00392. The van der Waals surface area contributed by atoms with Crippen LogP contribution in [0.15, 0.2) is 24.3 Å². The van der Waals surface area contributed by atoms with E-state index in [0.29, 0.717) is 12.0 Å². The van der Waals surface area contributed by atoms with Gasteiger partial charge < -0.3 is 11.1 Å². The summed E-state index contributed by atoms with van der Waals surface area (Å²) >= 11 is 1.47. The van der Waals surface area contributed by atoms with Gasteiger partial charge in [-0.2, -0.15) is 5.26 Å². The molecule has 0 unspecified atom stereocenters. The van der Waals surface area contributed by atoms with E-state index in [0.717, 1.165) is 31.9 Å². The van der Waals surface area contributed by atoms with Gasteiger partial charge in [0.2, 0.25) is 5.91 Å². The molecule has 124 valence electrons. The van der Waals surface area contributed by atoms with Gasteiger partial charge in [0.15, 0.2) is 0 Å². The van der Waals surface area contributed by atoms with Crippen molar-refractivity contribution in [3.05, 3.63) is 52.1 Å². The van der Waals surface area contributed by atoms with Gasteiger partial charge in [-0.05, 0) is 25.0 Å². The molecule has 3 aromatic rings. The van der Waals surface area contributed by atoms with Crippen molar-refractivity contribution >= 4 is 38.3 Å². The molecular weight excluding hydrogens is 332 g/mol. The highest BCUT2D eigenvalue weighted by atomic mass is 32.1. The van der Waals surface area contributed by atoms with Crippen molar-refractivity contribution in [1.82, 2.24) is 4.98 Å². The Balaban J connectivity index is 2.00. The molecule has 1 atom stereocenters. The zero-order valence-corrected chi connectivity index (χ0v) is 14.7. The number of aryl methyl sites for hydroxylation is 2. The first-order valence-corrected chi connectivity index (χ1v) is 8.80. The van der Waals surface area contributed by atoms with Crippen molar-refractivity contribution in [2.75, 3.05) is 11.1 Å². The molecule has 6 heteroatoms. The number of nitriles is 1. The second-order valence-corrected chi connectivity index (χ2v) is 7.37. The van der Waals surface area contributed by atoms with Crippen LogP contribution in [0.1, 0.15) is 40.2 Å². The second-order valence-electron chi connectivity index (χ2n) is 6.35. The molecule has 25 heavy (non-hydrogen) atoms. The third kappa shape index (κ3) is 2.36. The van der Waals surface area contributed by atoms with E-state index in [1.165, 1.54) is 16.9 Å². The van der Waals surface area contributed by atoms with Gasteiger partial charge in [0.05, 0.1) is 15.8 Å². The maximum absolute atomic E-state index is 12.2. The van der Waals surface area contributed by atoms with Crippen LogP contribution in [-0.2, 0) is 4.79 Å². The highest BCUT2D eigenvalue weighted by molar-refractivity contribution is 7.23. The Morgan fingerprint density at radius 2 is 2.04 bits per heavy atom. The van der Waals surface area contributed by atoms with Gasteiger partial charge >= 0.3 is 0 Å². The quantitative estimate of drug-likeness (QED) is 0.699. The van der Waals surface area contributed by atoms with Gasteiger partial charge in [0.25, 0.3) is 0 Å². The van der Waals surface area contributed by atoms with E-state index >= 15 is 0 Å². The van der Waals surface area contributed by atoms with Crippen LogP contribution < -0.4 is 11.1 Å². The zero-order valence-electron chi connectivity index (χ0n) is 13.9. The standard InChI is InChI=1S/C19H16N4OS/c1-9-3-5-11(6-4-9)12-7-14(24)22-19-15(12)16-17(25-19)10(2)13(8-20)18(21)23-16/h3-6,12H,7H2,1-2H3,(H2,21,23)(H,22,24)/t12-/m0/s1. The van der Waals surface area contributed by atoms with E-state index in [4.69, 9.17) is 5.73 Å². The summed E-state index contributed by atoms with van der Waals surface area (Å²) in [6, 6.07) is 10.4. The SMILES string of the molecule is Cc1ccc([C@@H]2CC(=O)Nc3sc4c(C)c(C#N)c(N)nc4c32)cc1. The molecule has 0 saturated carbocycles. The van der Waals surface area contributed by atoms with Gasteiger partial charge in [-0.1, -0.05) is 29.8 Å². The highest BCUT2D eigenvalue weighted by Crippen LogP contribution is 2.47. The number of rotatable bonds is 1. The lowest BCUT2D eigenvalue weighted by Gasteiger charge is -2.23. The van der Waals surface area contributed by atoms with E-state index in [-0.39, 0.29) is 17.6 Å². The van der Waals surface area contributed by atoms with Crippen LogP contribution in [0.25, 0.3) is 10.2 Å². The lowest BCUT2D eigenvalue weighted by Crippen LogP contribution is -2.22. The van der Waals surface area contributed by atoms with Crippen LogP contribution >= 0.6 is 11.3 Å². The van der Waals surface area contributed by atoms with Crippen molar-refractivity contribution in [3.8, 4) is 6.07 Å². The molecule has 1 aliphatic heterocycles. The van der Waals surface area contributed by atoms with Crippen LogP contribution in [-0.4, -0.2) is 10.9 Å². The smallest absolute Gasteiger partial charge is 0.225 e. The monoisotopic (exact) mass is 348 g/mol. The number of nitrogens with two attached hydrogens (primary N) is 1. The average molecular weight is 348 g/mol. The maximum atomic E-state index is 12.2. The number of nitrogen functional groups attached to an aromatic ring is 1. The second kappa shape index (κ2) is 5.57. The minimum Gasteiger partial charge on any atom is -0.383 e. The first-order valence-electron chi connectivity index (χ1n) is 7.98. The van der Waals surface area contributed by atoms with E-state index in [9.17, 15) is 10.1 Å². The molecule has 1 amide bonds. The predicted molar refractivity (Wildman–Crippen MR) is 99.8 cm³/mol. The number of pyridine rings is 1. The number of amides is 1. The van der Waals surface area contributed by atoms with Crippen LogP contribution in [0.4, 0.5) is 10.8 Å². The van der Waals surface area contributed by atoms with Crippen molar-refractivity contribution in [1.29, 1.82) is 5.26 Å². The van der Waals surface area contributed by atoms with Crippen LogP contribution in [0.2, 0.25) is 0 Å². The molecule has 0 bridgehead atoms. The number of benzene rings is 1. The fourth-order valence-electron chi connectivity index (χ4n) is 3.39. The summed E-state index contributed by atoms with van der Waals surface area (Å²) in [6.45, 7) is 3.92. The largest absolute Gasteiger partial charge is 0.383 e. The van der Waals surface area contributed by atoms with Gasteiger partial charge in [-0.25, -0.2) is 4.98 Å². The number of hydrogen-bond donors (Lipinski definition) is 2. The Morgan fingerprint density at radius 1 is 1.32 bits per heavy atom. The molecule has 0 radical (unpaired) electrons. The summed E-state index contributed by atoms with van der Waals surface area (Å²) in [4.78, 5) is 16.7. The number of hydrogen-bond acceptors (Lipinski definition) is 5. The fourth-order valence-corrected chi connectivity index (χ4v) is 4.61. The number of aromatic nitrogens is 1. The number of carbonyl (C=O) groups is 1. The minimum atomic E-state index is -0.0580. The number of carbonyl (C=O) groups excluding carboxylic acids is 1. The van der Waals surface area contributed by atoms with Crippen LogP contribution in [0.5, 0.6) is 0 Å². The van der Waals surface area contributed by atoms with Gasteiger partial charge in [-0.15, -0.1) is 11.3 Å². The Morgan fingerprint density at radius 3 is 2.72 bits per heavy atom. The molecule has 0 aliphatic carbocycles. The first kappa shape index (κ1) is 15.6. The number of fused-ring (bicyclic) bond motifs is 3. The molecule has 5 nitrogen and oxygen atoms in total. The van der Waals surface area contributed by atoms with E-state index in [2.05, 4.69) is 40.6 Å². The highest BCUT2D eigenvalue weighted by Gasteiger charge is 2.32. The summed E-state index contributed by atoms with van der Waals surface area (Å²) in [5, 5.41) is 13.1. The van der Waals surface area contributed by atoms with Crippen molar-refractivity contribution < 1.29 is 4.79 Å². The molecule has 3 N–H and O–H groups in total. The molecular formula is C19H16N4OS. The lowest BCUT2D eigenvalue weighted by molar-refractivity contribution is -0.116. The molecule has 0 saturated heterocycles. The maximum Gasteiger partial charge on any atom is 0.225 e. The molecule has 2 aromatic heterocycles. The third-order valence-corrected chi connectivity index (χ3v) is 5.94. The Bertz CT molecular complexity index is 1060. The third-order valence-electron chi connectivity index (χ3n) is 4.71. The Kier molecular flexibility index (Phi) is 3.48. The summed E-state index contributed by atoms with van der Waals surface area (Å²) in [5.41, 5.74) is 11.3. The van der Waals surface area contributed by atoms with Crippen LogP contribution in [0, 0.1) is 25.2 Å². The number of thiophene rings is 1. The van der Waals surface area contributed by atoms with E-state index < -0.39 is 0 Å². The van der Waals surface area contributed by atoms with Gasteiger partial charge in [0.1, 0.15) is 16.9 Å². The number of anilines is 2. The molecule has 3 heterocycles. The summed E-state index contributed by atoms with van der Waals surface area (Å²) < 4.78 is 0.912. The predicted octanol–water partition coefficient (Wildman–Crippen LogP) is 3.84. The van der Waals surface area contributed by atoms with Crippen molar-refractivity contribution in [2.45, 2.75) is 26.2 Å². The topological polar surface area (TPSA) is 91.8 Å². The summed E-state index contributed by atoms with van der Waals surface area (Å²) in [5.74, 6) is 0.181. The van der Waals surface area contributed by atoms with E-state index in [1.807, 2.05) is 13.8 Å². The first-order chi connectivity index (χ1) is 12.0. The fraction of sp³-hybridized carbons (Fsp3) is 0.211. The van der Waals surface area contributed by atoms with Crippen molar-refractivity contribution in [3.63, 3.8) is 0 Å². The zero-order chi connectivity index (χ0) is 17.7. The summed E-state index contributed by atoms with van der Waals surface area (Å²) in [6.07, 6.45) is 0.378. The normalized spacial score (nSPS) is 16.4. The summed E-state index contributed by atoms with van der Waals surface area (Å²) in [7, 11) is 0. The van der Waals surface area contributed by atoms with Crippen molar-refractivity contribution in [2.24, 2.45) is 0 Å². The number of nitrogens with one attached hydrogen (secondary N) is 1. The van der Waals surface area contributed by atoms with Gasteiger partial charge in [-0.3, -0.25) is 4.79 Å². The molecule has 0 spiro atoms. The number of nitrogens with zero attached hydrogens (tertiary/aromatic N) is 2. The molecule has 0 fully saturated rings. The molecule has 1 aliphatic rings. The van der Waals surface area contributed by atoms with E-state index in [1.54, 1.807) is 0 Å². The Hall–Kier alpha value is -2.91. The Labute approximate surface area is 149 Å². The lowest BCUT2D eigenvalue weighted by atomic mass is 9.86.